The summed E-state index contributed by atoms with van der Waals surface area (Å²) in [4.78, 5) is 38.9. The van der Waals surface area contributed by atoms with Gasteiger partial charge in [0.15, 0.2) is 10.3 Å². The summed E-state index contributed by atoms with van der Waals surface area (Å²) < 4.78 is 34.7. The summed E-state index contributed by atoms with van der Waals surface area (Å²) >= 11 is 2.21. The number of carboxylic acids is 1. The SMILES string of the molecule is NC(C(=O)NC1C(=O)N2C(C(=O)[O-])=C(C(CCNS(=O)(=O)[O-])Sc3nnn[nH]3)CS[C@@H]12)c1ccccc1.[Na+].[Na+]. The summed E-state index contributed by atoms with van der Waals surface area (Å²) in [7, 11) is -4.73. The molecule has 1 fully saturated rings. The summed E-state index contributed by atoms with van der Waals surface area (Å²) in [6.45, 7) is -0.299. The fourth-order valence-electron chi connectivity index (χ4n) is 3.89. The van der Waals surface area contributed by atoms with E-state index in [9.17, 15) is 32.5 Å². The number of nitrogens with one attached hydrogen (secondary N) is 3. The van der Waals surface area contributed by atoms with Gasteiger partial charge in [0, 0.05) is 17.5 Å². The molecule has 5 N–H and O–H groups in total. The zero-order valence-corrected chi connectivity index (χ0v) is 27.2. The molecule has 198 valence electrons. The van der Waals surface area contributed by atoms with E-state index in [1.54, 1.807) is 30.3 Å². The molecule has 2 aliphatic heterocycles. The van der Waals surface area contributed by atoms with Crippen molar-refractivity contribution < 1.29 is 91.6 Å². The van der Waals surface area contributed by atoms with Crippen LogP contribution in [0.2, 0.25) is 0 Å². The van der Waals surface area contributed by atoms with Crippen LogP contribution in [0, 0.1) is 0 Å². The van der Waals surface area contributed by atoms with Gasteiger partial charge in [-0.15, -0.1) is 16.9 Å². The Hall–Kier alpha value is -1.03. The number of fused-ring (bicyclic) bond motifs is 1. The normalized spacial score (nSPS) is 20.1. The molecule has 1 saturated heterocycles. The third kappa shape index (κ3) is 8.26. The Morgan fingerprint density at radius 2 is 1.97 bits per heavy atom. The average molecular weight is 615 g/mol. The zero-order chi connectivity index (χ0) is 26.7. The minimum absolute atomic E-state index is 0. The van der Waals surface area contributed by atoms with E-state index >= 15 is 0 Å². The third-order valence-electron chi connectivity index (χ3n) is 5.58. The maximum Gasteiger partial charge on any atom is 1.00 e. The van der Waals surface area contributed by atoms with E-state index in [2.05, 4.69) is 25.9 Å². The smallest absolute Gasteiger partial charge is 0.735 e. The monoisotopic (exact) mass is 614 g/mol. The number of rotatable bonds is 11. The van der Waals surface area contributed by atoms with Crippen LogP contribution in [0.15, 0.2) is 46.8 Å². The van der Waals surface area contributed by atoms with Gasteiger partial charge >= 0.3 is 59.1 Å². The molecule has 3 unspecified atom stereocenters. The molecule has 4 rings (SSSR count). The molecule has 2 amide bonds. The molecular weight excluding hydrogens is 594 g/mol. The number of aliphatic carboxylic acids is 1. The van der Waals surface area contributed by atoms with Crippen molar-refractivity contribution >= 4 is 51.6 Å². The van der Waals surface area contributed by atoms with Crippen LogP contribution in [0.5, 0.6) is 0 Å². The molecular formula is C19H20N8Na2O7S3. The molecule has 4 atom stereocenters. The Morgan fingerprint density at radius 3 is 2.56 bits per heavy atom. The fourth-order valence-corrected chi connectivity index (χ4v) is 6.80. The van der Waals surface area contributed by atoms with Gasteiger partial charge in [-0.1, -0.05) is 42.1 Å². The van der Waals surface area contributed by atoms with Gasteiger partial charge in [-0.3, -0.25) is 14.5 Å². The van der Waals surface area contributed by atoms with Crippen LogP contribution in [0.4, 0.5) is 0 Å². The first-order valence-corrected chi connectivity index (χ1v) is 14.0. The first kappa shape index (κ1) is 34.2. The summed E-state index contributed by atoms with van der Waals surface area (Å²) in [5.41, 5.74) is 6.43. The van der Waals surface area contributed by atoms with Crippen LogP contribution in [-0.2, 0) is 24.7 Å². The van der Waals surface area contributed by atoms with E-state index in [0.29, 0.717) is 5.56 Å². The first-order valence-electron chi connectivity index (χ1n) is 10.7. The van der Waals surface area contributed by atoms with Gasteiger partial charge < -0.3 is 25.5 Å². The van der Waals surface area contributed by atoms with E-state index in [1.807, 2.05) is 4.72 Å². The van der Waals surface area contributed by atoms with Crippen molar-refractivity contribution in [3.8, 4) is 0 Å². The first-order chi connectivity index (χ1) is 17.6. The van der Waals surface area contributed by atoms with Crippen molar-refractivity contribution in [3.05, 3.63) is 47.2 Å². The average Bonchev–Trinajstić information content (AvgIpc) is 3.38. The van der Waals surface area contributed by atoms with Crippen LogP contribution >= 0.6 is 23.5 Å². The standard InChI is InChI=1S/C19H22N8O7S3.2Na/c20-12(9-4-2-1-3-5-9)15(28)22-13-16(29)27-14(18(30)31)10(8-35-17(13)27)11(6-7-21-37(32,33)34)36-19-23-25-26-24-19;;/h1-5,11-13,17,21H,6-8,20H2,(H,22,28)(H,30,31)(H,32,33,34)(H,23,24,25,26);;/q;2*+1/p-2/t11?,12?,13?,17-;;/m0../s1. The van der Waals surface area contributed by atoms with Crippen molar-refractivity contribution in [2.24, 2.45) is 5.73 Å². The minimum Gasteiger partial charge on any atom is -0.735 e. The molecule has 1 aromatic heterocycles. The van der Waals surface area contributed by atoms with Crippen molar-refractivity contribution in [1.82, 2.24) is 35.6 Å². The number of hydrogen-bond donors (Lipinski definition) is 4. The third-order valence-corrected chi connectivity index (χ3v) is 8.64. The Labute approximate surface area is 275 Å². The summed E-state index contributed by atoms with van der Waals surface area (Å²) in [6.07, 6.45) is -0.0156. The van der Waals surface area contributed by atoms with Crippen LogP contribution < -0.4 is 80.0 Å². The Morgan fingerprint density at radius 1 is 1.28 bits per heavy atom. The molecule has 0 bridgehead atoms. The summed E-state index contributed by atoms with van der Waals surface area (Å²) in [6, 6.07) is 6.54. The molecule has 0 spiro atoms. The predicted octanol–water partition coefficient (Wildman–Crippen LogP) is -8.79. The predicted molar refractivity (Wildman–Crippen MR) is 127 cm³/mol. The maximum atomic E-state index is 13.0. The number of carboxylic acid groups (broad SMARTS) is 1. The minimum atomic E-state index is -4.73. The number of carbonyl (C=O) groups excluding carboxylic acids is 3. The quantitative estimate of drug-likeness (QED) is 0.0797. The van der Waals surface area contributed by atoms with Crippen molar-refractivity contribution in [1.29, 1.82) is 0 Å². The number of H-pyrrole nitrogens is 1. The number of carbonyl (C=O) groups is 3. The molecule has 0 radical (unpaired) electrons. The molecule has 39 heavy (non-hydrogen) atoms. The second-order valence-corrected chi connectivity index (χ2v) is 11.4. The maximum absolute atomic E-state index is 13.0. The van der Waals surface area contributed by atoms with Gasteiger partial charge in [-0.05, 0) is 28.0 Å². The molecule has 15 nitrogen and oxygen atoms in total. The molecule has 2 aromatic rings. The van der Waals surface area contributed by atoms with Crippen LogP contribution in [0.1, 0.15) is 18.0 Å². The van der Waals surface area contributed by atoms with Crippen LogP contribution in [0.3, 0.4) is 0 Å². The van der Waals surface area contributed by atoms with E-state index in [4.69, 9.17) is 5.73 Å². The van der Waals surface area contributed by atoms with Gasteiger partial charge in [-0.25, -0.2) is 18.2 Å². The second-order valence-electron chi connectivity index (χ2n) is 7.90. The number of β-lactam (4-membered cyclic amide) rings is 1. The van der Waals surface area contributed by atoms with Crippen LogP contribution in [0.25, 0.3) is 0 Å². The second kappa shape index (κ2) is 14.7. The number of tetrazole rings is 1. The van der Waals surface area contributed by atoms with Crippen LogP contribution in [-0.4, -0.2) is 85.2 Å². The van der Waals surface area contributed by atoms with Gasteiger partial charge in [0.25, 0.3) is 5.91 Å². The number of aromatic nitrogens is 4. The van der Waals surface area contributed by atoms with E-state index in [0.717, 1.165) is 16.7 Å². The molecule has 20 heteroatoms. The van der Waals surface area contributed by atoms with Crippen molar-refractivity contribution in [2.75, 3.05) is 12.3 Å². The van der Waals surface area contributed by atoms with Crippen molar-refractivity contribution in [2.45, 2.75) is 34.3 Å². The van der Waals surface area contributed by atoms with E-state index in [-0.39, 0.29) is 94.3 Å². The number of nitrogens with two attached hydrogens (primary N) is 1. The van der Waals surface area contributed by atoms with Gasteiger partial charge in [-0.2, -0.15) is 0 Å². The van der Waals surface area contributed by atoms with Crippen molar-refractivity contribution in [3.63, 3.8) is 0 Å². The number of thioether (sulfide) groups is 2. The summed E-state index contributed by atoms with van der Waals surface area (Å²) in [5, 5.41) is 26.7. The summed E-state index contributed by atoms with van der Waals surface area (Å²) in [5.74, 6) is -2.76. The van der Waals surface area contributed by atoms with Gasteiger partial charge in [0.1, 0.15) is 17.5 Å². The molecule has 1 aromatic carbocycles. The number of benzene rings is 1. The number of hydrogen-bond acceptors (Lipinski definition) is 13. The Kier molecular flexibility index (Phi) is 12.9. The van der Waals surface area contributed by atoms with Gasteiger partial charge in [0.2, 0.25) is 11.1 Å². The fraction of sp³-hybridized carbons (Fsp3) is 0.368. The van der Waals surface area contributed by atoms with E-state index < -0.39 is 50.8 Å². The molecule has 2 aliphatic rings. The zero-order valence-electron chi connectivity index (χ0n) is 20.8. The molecule has 3 heterocycles. The van der Waals surface area contributed by atoms with Gasteiger partial charge in [0.05, 0.1) is 11.7 Å². The Bertz CT molecular complexity index is 1320. The Balaban J connectivity index is 0.00000267. The van der Waals surface area contributed by atoms with E-state index in [1.165, 1.54) is 11.8 Å². The number of aromatic amines is 1. The molecule has 0 saturated carbocycles. The number of nitrogens with zero attached hydrogens (tertiary/aromatic N) is 4. The topological polar surface area (TPSA) is 239 Å². The largest absolute Gasteiger partial charge is 1.00 e. The number of amides is 2. The molecule has 0 aliphatic carbocycles.